The van der Waals surface area contributed by atoms with E-state index in [1.807, 2.05) is 12.1 Å². The summed E-state index contributed by atoms with van der Waals surface area (Å²) < 4.78 is 1.79. The summed E-state index contributed by atoms with van der Waals surface area (Å²) in [6.07, 6.45) is 4.71. The Kier molecular flexibility index (Phi) is 2.48. The third kappa shape index (κ3) is 1.76. The molecule has 5 nitrogen and oxygen atoms in total. The van der Waals surface area contributed by atoms with Gasteiger partial charge in [-0.25, -0.2) is 9.78 Å². The standard InChI is InChI=1S/C12H15N3O2/c16-9-5-3-8(4-6-9)15-10-2-1-7-13-11(10)14-12(15)17/h1-2,7-9,16H,3-6H2,(H,13,14,17). The first kappa shape index (κ1) is 10.5. The number of pyridine rings is 1. The lowest BCUT2D eigenvalue weighted by molar-refractivity contribution is 0.111. The highest BCUT2D eigenvalue weighted by atomic mass is 16.3. The lowest BCUT2D eigenvalue weighted by Crippen LogP contribution is -2.27. The maximum absolute atomic E-state index is 11.9. The van der Waals surface area contributed by atoms with Gasteiger partial charge in [0, 0.05) is 12.2 Å². The Morgan fingerprint density at radius 2 is 2.12 bits per heavy atom. The fraction of sp³-hybridized carbons (Fsp3) is 0.500. The van der Waals surface area contributed by atoms with Gasteiger partial charge in [-0.05, 0) is 37.8 Å². The molecule has 3 rings (SSSR count). The zero-order chi connectivity index (χ0) is 11.8. The van der Waals surface area contributed by atoms with Crippen molar-refractivity contribution in [2.45, 2.75) is 37.8 Å². The van der Waals surface area contributed by atoms with Gasteiger partial charge in [0.05, 0.1) is 11.6 Å². The Morgan fingerprint density at radius 1 is 1.35 bits per heavy atom. The van der Waals surface area contributed by atoms with E-state index in [0.29, 0.717) is 5.65 Å². The predicted molar refractivity (Wildman–Crippen MR) is 63.9 cm³/mol. The van der Waals surface area contributed by atoms with Gasteiger partial charge in [0.25, 0.3) is 0 Å². The van der Waals surface area contributed by atoms with E-state index in [0.717, 1.165) is 31.2 Å². The lowest BCUT2D eigenvalue weighted by atomic mass is 9.93. The van der Waals surface area contributed by atoms with E-state index in [1.165, 1.54) is 0 Å². The number of rotatable bonds is 1. The number of imidazole rings is 1. The predicted octanol–water partition coefficient (Wildman–Crippen LogP) is 1.20. The first-order valence-electron chi connectivity index (χ1n) is 5.99. The molecule has 0 aliphatic heterocycles. The van der Waals surface area contributed by atoms with Gasteiger partial charge < -0.3 is 5.11 Å². The third-order valence-corrected chi connectivity index (χ3v) is 3.52. The highest BCUT2D eigenvalue weighted by Gasteiger charge is 2.23. The maximum Gasteiger partial charge on any atom is 0.327 e. The van der Waals surface area contributed by atoms with Crippen LogP contribution in [0, 0.1) is 0 Å². The number of H-pyrrole nitrogens is 1. The van der Waals surface area contributed by atoms with Gasteiger partial charge in [-0.1, -0.05) is 0 Å². The van der Waals surface area contributed by atoms with E-state index >= 15 is 0 Å². The summed E-state index contributed by atoms with van der Waals surface area (Å²) in [7, 11) is 0. The van der Waals surface area contributed by atoms with Gasteiger partial charge in [0.15, 0.2) is 5.65 Å². The molecule has 0 amide bonds. The first-order valence-corrected chi connectivity index (χ1v) is 5.99. The lowest BCUT2D eigenvalue weighted by Gasteiger charge is -2.26. The Balaban J connectivity index is 2.05. The first-order chi connectivity index (χ1) is 8.25. The van der Waals surface area contributed by atoms with Crippen LogP contribution in [0.5, 0.6) is 0 Å². The molecule has 1 fully saturated rings. The number of nitrogens with one attached hydrogen (secondary N) is 1. The second kappa shape index (κ2) is 4.00. The quantitative estimate of drug-likeness (QED) is 0.777. The minimum Gasteiger partial charge on any atom is -0.393 e. The smallest absolute Gasteiger partial charge is 0.327 e. The van der Waals surface area contributed by atoms with Crippen LogP contribution in [0.4, 0.5) is 0 Å². The van der Waals surface area contributed by atoms with E-state index in [1.54, 1.807) is 10.8 Å². The molecule has 1 aliphatic rings. The molecule has 5 heteroatoms. The van der Waals surface area contributed by atoms with Crippen molar-refractivity contribution in [2.75, 3.05) is 0 Å². The minimum atomic E-state index is -0.203. The van der Waals surface area contributed by atoms with Gasteiger partial charge in [-0.2, -0.15) is 0 Å². The third-order valence-electron chi connectivity index (χ3n) is 3.52. The molecule has 0 bridgehead atoms. The number of aliphatic hydroxyl groups is 1. The topological polar surface area (TPSA) is 70.9 Å². The highest BCUT2D eigenvalue weighted by Crippen LogP contribution is 2.29. The zero-order valence-electron chi connectivity index (χ0n) is 9.47. The fourth-order valence-electron chi connectivity index (χ4n) is 2.64. The number of fused-ring (bicyclic) bond motifs is 1. The molecule has 0 spiro atoms. The number of aromatic nitrogens is 3. The van der Waals surface area contributed by atoms with Crippen LogP contribution in [0.3, 0.4) is 0 Å². The summed E-state index contributed by atoms with van der Waals surface area (Å²) in [5, 5.41) is 9.50. The number of hydrogen-bond donors (Lipinski definition) is 2. The summed E-state index contributed by atoms with van der Waals surface area (Å²) in [6, 6.07) is 3.93. The SMILES string of the molecule is O=c1[nH]c2ncccc2n1C1CCC(O)CC1. The molecule has 0 saturated heterocycles. The van der Waals surface area contributed by atoms with Gasteiger partial charge in [0.1, 0.15) is 0 Å². The molecule has 1 saturated carbocycles. The molecule has 0 radical (unpaired) electrons. The number of aliphatic hydroxyl groups excluding tert-OH is 1. The van der Waals surface area contributed by atoms with Crippen molar-refractivity contribution in [1.82, 2.24) is 14.5 Å². The van der Waals surface area contributed by atoms with Crippen molar-refractivity contribution in [3.8, 4) is 0 Å². The molecule has 1 aliphatic carbocycles. The van der Waals surface area contributed by atoms with Crippen LogP contribution in [0.2, 0.25) is 0 Å². The molecule has 2 heterocycles. The van der Waals surface area contributed by atoms with Crippen LogP contribution in [-0.2, 0) is 0 Å². The van der Waals surface area contributed by atoms with Gasteiger partial charge in [-0.15, -0.1) is 0 Å². The van der Waals surface area contributed by atoms with E-state index in [4.69, 9.17) is 0 Å². The minimum absolute atomic E-state index is 0.0971. The molecular formula is C12H15N3O2. The van der Waals surface area contributed by atoms with Crippen molar-refractivity contribution in [2.24, 2.45) is 0 Å². The zero-order valence-corrected chi connectivity index (χ0v) is 9.47. The number of nitrogens with zero attached hydrogens (tertiary/aromatic N) is 2. The van der Waals surface area contributed by atoms with E-state index in [2.05, 4.69) is 9.97 Å². The van der Waals surface area contributed by atoms with Gasteiger partial charge >= 0.3 is 5.69 Å². The maximum atomic E-state index is 11.9. The fourth-order valence-corrected chi connectivity index (χ4v) is 2.64. The van der Waals surface area contributed by atoms with Crippen LogP contribution >= 0.6 is 0 Å². The second-order valence-electron chi connectivity index (χ2n) is 4.63. The van der Waals surface area contributed by atoms with Crippen LogP contribution in [0.15, 0.2) is 23.1 Å². The number of aromatic amines is 1. The monoisotopic (exact) mass is 233 g/mol. The molecule has 0 aromatic carbocycles. The van der Waals surface area contributed by atoms with Crippen LogP contribution in [0.25, 0.3) is 11.2 Å². The molecular weight excluding hydrogens is 218 g/mol. The molecule has 90 valence electrons. The van der Waals surface area contributed by atoms with E-state index in [9.17, 15) is 9.90 Å². The van der Waals surface area contributed by atoms with Crippen molar-refractivity contribution < 1.29 is 5.11 Å². The average molecular weight is 233 g/mol. The van der Waals surface area contributed by atoms with Crippen molar-refractivity contribution >= 4 is 11.2 Å². The highest BCUT2D eigenvalue weighted by molar-refractivity contribution is 5.70. The van der Waals surface area contributed by atoms with E-state index in [-0.39, 0.29) is 17.8 Å². The Morgan fingerprint density at radius 3 is 2.88 bits per heavy atom. The average Bonchev–Trinajstić information content (AvgIpc) is 2.66. The van der Waals surface area contributed by atoms with Crippen LogP contribution < -0.4 is 5.69 Å². The molecule has 2 N–H and O–H groups in total. The van der Waals surface area contributed by atoms with Crippen LogP contribution in [0.1, 0.15) is 31.7 Å². The second-order valence-corrected chi connectivity index (χ2v) is 4.63. The Bertz CT molecular complexity index is 579. The van der Waals surface area contributed by atoms with Crippen molar-refractivity contribution in [1.29, 1.82) is 0 Å². The van der Waals surface area contributed by atoms with Crippen LogP contribution in [-0.4, -0.2) is 25.7 Å². The summed E-state index contributed by atoms with van der Waals surface area (Å²) in [5.41, 5.74) is 1.41. The molecule has 0 atom stereocenters. The molecule has 2 aromatic heterocycles. The van der Waals surface area contributed by atoms with Gasteiger partial charge in [-0.3, -0.25) is 9.55 Å². The molecule has 2 aromatic rings. The Hall–Kier alpha value is -1.62. The van der Waals surface area contributed by atoms with Crippen molar-refractivity contribution in [3.63, 3.8) is 0 Å². The summed E-state index contributed by atoms with van der Waals surface area (Å²) >= 11 is 0. The largest absolute Gasteiger partial charge is 0.393 e. The van der Waals surface area contributed by atoms with Crippen molar-refractivity contribution in [3.05, 3.63) is 28.8 Å². The number of hydrogen-bond acceptors (Lipinski definition) is 3. The molecule has 17 heavy (non-hydrogen) atoms. The summed E-state index contributed by atoms with van der Waals surface area (Å²) in [4.78, 5) is 18.8. The Labute approximate surface area is 98.1 Å². The summed E-state index contributed by atoms with van der Waals surface area (Å²) in [5.74, 6) is 0. The normalized spacial score (nSPS) is 25.2. The molecule has 0 unspecified atom stereocenters. The summed E-state index contributed by atoms with van der Waals surface area (Å²) in [6.45, 7) is 0. The van der Waals surface area contributed by atoms with E-state index < -0.39 is 0 Å². The van der Waals surface area contributed by atoms with Gasteiger partial charge in [0.2, 0.25) is 0 Å².